The molecule has 1 aliphatic rings. The summed E-state index contributed by atoms with van der Waals surface area (Å²) in [7, 11) is 0. The molecule has 120 valence electrons. The molecule has 1 fully saturated rings. The Hall–Kier alpha value is -2.67. The van der Waals surface area contributed by atoms with Crippen molar-refractivity contribution in [3.63, 3.8) is 0 Å². The van der Waals surface area contributed by atoms with Crippen LogP contribution in [0.5, 0.6) is 0 Å². The average Bonchev–Trinajstić information content (AvgIpc) is 2.61. The zero-order chi connectivity index (χ0) is 15.9. The van der Waals surface area contributed by atoms with E-state index in [1.54, 1.807) is 12.3 Å². The Morgan fingerprint density at radius 1 is 1.26 bits per heavy atom. The van der Waals surface area contributed by atoms with Crippen molar-refractivity contribution in [2.24, 2.45) is 0 Å². The lowest BCUT2D eigenvalue weighted by atomic mass is 10.2. The summed E-state index contributed by atoms with van der Waals surface area (Å²) >= 11 is 0. The Kier molecular flexibility index (Phi) is 5.00. The smallest absolute Gasteiger partial charge is 0.249 e. The summed E-state index contributed by atoms with van der Waals surface area (Å²) < 4.78 is 5.42. The second-order valence-electron chi connectivity index (χ2n) is 5.08. The first-order valence-corrected chi connectivity index (χ1v) is 7.60. The van der Waals surface area contributed by atoms with Crippen LogP contribution >= 0.6 is 0 Å². The monoisotopic (exact) mass is 312 g/mol. The predicted molar refractivity (Wildman–Crippen MR) is 91.3 cm³/mol. The number of nitrogens with one attached hydrogen (secondary N) is 2. The maximum absolute atomic E-state index is 5.42. The summed E-state index contributed by atoms with van der Waals surface area (Å²) in [5.41, 5.74) is 2.07. The van der Waals surface area contributed by atoms with Crippen LogP contribution in [0.4, 0.5) is 23.1 Å². The molecule has 23 heavy (non-hydrogen) atoms. The molecule has 1 aromatic carbocycles. The van der Waals surface area contributed by atoms with Crippen molar-refractivity contribution in [1.82, 2.24) is 15.2 Å². The first kappa shape index (κ1) is 15.2. The van der Waals surface area contributed by atoms with Crippen molar-refractivity contribution in [3.8, 4) is 0 Å². The van der Waals surface area contributed by atoms with Gasteiger partial charge in [-0.25, -0.2) is 0 Å². The van der Waals surface area contributed by atoms with Crippen molar-refractivity contribution in [2.45, 2.75) is 0 Å². The standard InChI is InChI=1S/C16H20N6O/c1-2-7-17-15-12-18-21-16(20-15)19-13-5-3-4-6-14(13)22-8-10-23-11-9-22/h2-6,12H,1,7-11H2,(H2,17,19,20,21). The molecule has 0 unspecified atom stereocenters. The van der Waals surface area contributed by atoms with E-state index in [0.717, 1.165) is 37.7 Å². The summed E-state index contributed by atoms with van der Waals surface area (Å²) in [6.07, 6.45) is 3.35. The van der Waals surface area contributed by atoms with Gasteiger partial charge in [0, 0.05) is 19.6 Å². The van der Waals surface area contributed by atoms with Gasteiger partial charge in [-0.15, -0.1) is 11.7 Å². The molecule has 0 amide bonds. The van der Waals surface area contributed by atoms with Gasteiger partial charge in [0.25, 0.3) is 0 Å². The van der Waals surface area contributed by atoms with E-state index < -0.39 is 0 Å². The number of hydrogen-bond acceptors (Lipinski definition) is 7. The number of morpholine rings is 1. The highest BCUT2D eigenvalue weighted by atomic mass is 16.5. The zero-order valence-corrected chi connectivity index (χ0v) is 12.9. The van der Waals surface area contributed by atoms with E-state index in [1.165, 1.54) is 0 Å². The number of aromatic nitrogens is 3. The maximum atomic E-state index is 5.42. The van der Waals surface area contributed by atoms with Gasteiger partial charge in [0.1, 0.15) is 0 Å². The van der Waals surface area contributed by atoms with Crippen LogP contribution in [0.2, 0.25) is 0 Å². The molecule has 0 radical (unpaired) electrons. The number of anilines is 4. The second-order valence-corrected chi connectivity index (χ2v) is 5.08. The number of para-hydroxylation sites is 2. The minimum absolute atomic E-state index is 0.458. The molecule has 0 aliphatic carbocycles. The molecule has 2 heterocycles. The van der Waals surface area contributed by atoms with Gasteiger partial charge in [-0.1, -0.05) is 18.2 Å². The molecule has 1 saturated heterocycles. The molecule has 7 heteroatoms. The minimum atomic E-state index is 0.458. The summed E-state index contributed by atoms with van der Waals surface area (Å²) in [6.45, 7) is 7.53. The van der Waals surface area contributed by atoms with Crippen molar-refractivity contribution in [1.29, 1.82) is 0 Å². The second kappa shape index (κ2) is 7.55. The Morgan fingerprint density at radius 2 is 2.09 bits per heavy atom. The average molecular weight is 312 g/mol. The van der Waals surface area contributed by atoms with Crippen LogP contribution < -0.4 is 15.5 Å². The number of ether oxygens (including phenoxy) is 1. The van der Waals surface area contributed by atoms with Crippen LogP contribution in [0, 0.1) is 0 Å². The van der Waals surface area contributed by atoms with Crippen molar-refractivity contribution < 1.29 is 4.74 Å². The maximum Gasteiger partial charge on any atom is 0.249 e. The fourth-order valence-electron chi connectivity index (χ4n) is 2.40. The van der Waals surface area contributed by atoms with Gasteiger partial charge in [0.15, 0.2) is 5.82 Å². The quantitative estimate of drug-likeness (QED) is 0.791. The fraction of sp³-hybridized carbons (Fsp3) is 0.312. The van der Waals surface area contributed by atoms with Crippen LogP contribution in [-0.4, -0.2) is 48.0 Å². The molecular formula is C16H20N6O. The number of benzene rings is 1. The van der Waals surface area contributed by atoms with E-state index in [9.17, 15) is 0 Å². The van der Waals surface area contributed by atoms with Crippen LogP contribution in [-0.2, 0) is 4.74 Å². The number of hydrogen-bond donors (Lipinski definition) is 2. The Labute approximate surface area is 135 Å². The van der Waals surface area contributed by atoms with Gasteiger partial charge < -0.3 is 20.3 Å². The fourth-order valence-corrected chi connectivity index (χ4v) is 2.40. The predicted octanol–water partition coefficient (Wildman–Crippen LogP) is 2.05. The SMILES string of the molecule is C=CCNc1cnnc(Nc2ccccc2N2CCOCC2)n1. The lowest BCUT2D eigenvalue weighted by Crippen LogP contribution is -2.36. The molecular weight excluding hydrogens is 292 g/mol. The molecule has 7 nitrogen and oxygen atoms in total. The molecule has 2 N–H and O–H groups in total. The lowest BCUT2D eigenvalue weighted by molar-refractivity contribution is 0.123. The highest BCUT2D eigenvalue weighted by molar-refractivity contribution is 5.73. The van der Waals surface area contributed by atoms with Crippen molar-refractivity contribution in [3.05, 3.63) is 43.1 Å². The van der Waals surface area contributed by atoms with E-state index in [0.29, 0.717) is 18.3 Å². The molecule has 2 aromatic rings. The summed E-state index contributed by atoms with van der Waals surface area (Å²) in [6, 6.07) is 8.11. The van der Waals surface area contributed by atoms with Gasteiger partial charge >= 0.3 is 0 Å². The molecule has 0 bridgehead atoms. The van der Waals surface area contributed by atoms with E-state index in [-0.39, 0.29) is 0 Å². The van der Waals surface area contributed by atoms with E-state index in [1.807, 2.05) is 18.2 Å². The van der Waals surface area contributed by atoms with Gasteiger partial charge in [-0.05, 0) is 12.1 Å². The first-order valence-electron chi connectivity index (χ1n) is 7.60. The number of rotatable bonds is 6. The molecule has 0 spiro atoms. The summed E-state index contributed by atoms with van der Waals surface area (Å²) in [5.74, 6) is 1.12. The van der Waals surface area contributed by atoms with Crippen molar-refractivity contribution in [2.75, 3.05) is 48.4 Å². The molecule has 0 atom stereocenters. The Balaban J connectivity index is 1.78. The molecule has 0 saturated carbocycles. The highest BCUT2D eigenvalue weighted by Crippen LogP contribution is 2.28. The molecule has 1 aromatic heterocycles. The van der Waals surface area contributed by atoms with Crippen LogP contribution in [0.25, 0.3) is 0 Å². The summed E-state index contributed by atoms with van der Waals surface area (Å²) in [4.78, 5) is 6.70. The third kappa shape index (κ3) is 3.95. The van der Waals surface area contributed by atoms with Crippen LogP contribution in [0.3, 0.4) is 0 Å². The Morgan fingerprint density at radius 3 is 2.91 bits per heavy atom. The lowest BCUT2D eigenvalue weighted by Gasteiger charge is -2.30. The molecule has 1 aliphatic heterocycles. The summed E-state index contributed by atoms with van der Waals surface area (Å²) in [5, 5.41) is 14.4. The van der Waals surface area contributed by atoms with E-state index in [2.05, 4.69) is 43.4 Å². The minimum Gasteiger partial charge on any atom is -0.378 e. The van der Waals surface area contributed by atoms with Crippen molar-refractivity contribution >= 4 is 23.1 Å². The van der Waals surface area contributed by atoms with Crippen LogP contribution in [0.1, 0.15) is 0 Å². The first-order chi connectivity index (χ1) is 11.4. The van der Waals surface area contributed by atoms with Gasteiger partial charge in [0.2, 0.25) is 5.95 Å². The normalized spacial score (nSPS) is 14.3. The number of nitrogens with zero attached hydrogens (tertiary/aromatic N) is 4. The third-order valence-electron chi connectivity index (χ3n) is 3.49. The topological polar surface area (TPSA) is 75.2 Å². The van der Waals surface area contributed by atoms with Crippen LogP contribution in [0.15, 0.2) is 43.1 Å². The molecule has 3 rings (SSSR count). The van der Waals surface area contributed by atoms with Gasteiger partial charge in [0.05, 0.1) is 30.8 Å². The highest BCUT2D eigenvalue weighted by Gasteiger charge is 2.15. The van der Waals surface area contributed by atoms with Gasteiger partial charge in [-0.2, -0.15) is 10.1 Å². The van der Waals surface area contributed by atoms with Gasteiger partial charge in [-0.3, -0.25) is 0 Å². The third-order valence-corrected chi connectivity index (χ3v) is 3.49. The largest absolute Gasteiger partial charge is 0.378 e. The Bertz CT molecular complexity index is 657. The van der Waals surface area contributed by atoms with E-state index in [4.69, 9.17) is 4.74 Å². The zero-order valence-electron chi connectivity index (χ0n) is 12.9. The van der Waals surface area contributed by atoms with E-state index >= 15 is 0 Å².